The van der Waals surface area contributed by atoms with Crippen LogP contribution >= 0.6 is 0 Å². The molecule has 0 radical (unpaired) electrons. The summed E-state index contributed by atoms with van der Waals surface area (Å²) < 4.78 is 11.4. The Kier molecular flexibility index (Phi) is 5.41. The number of hydrogen-bond acceptors (Lipinski definition) is 5. The molecule has 0 bridgehead atoms. The maximum absolute atomic E-state index is 13.3. The molecular weight excluding hydrogens is 378 g/mol. The Hall–Kier alpha value is -2.66. The van der Waals surface area contributed by atoms with Crippen LogP contribution in [0.25, 0.3) is 0 Å². The van der Waals surface area contributed by atoms with Crippen LogP contribution in [0.1, 0.15) is 50.8 Å². The molecule has 3 atom stereocenters. The molecule has 1 aliphatic heterocycles. The zero-order valence-electron chi connectivity index (χ0n) is 17.8. The first-order valence-corrected chi connectivity index (χ1v) is 10.5. The molecule has 30 heavy (non-hydrogen) atoms. The van der Waals surface area contributed by atoms with Gasteiger partial charge in [0.15, 0.2) is 0 Å². The van der Waals surface area contributed by atoms with Crippen molar-refractivity contribution in [2.24, 2.45) is 11.3 Å². The maximum atomic E-state index is 13.3. The van der Waals surface area contributed by atoms with Crippen LogP contribution in [0.2, 0.25) is 0 Å². The lowest BCUT2D eigenvalue weighted by atomic mass is 9.81. The van der Waals surface area contributed by atoms with E-state index in [-0.39, 0.29) is 24.6 Å². The van der Waals surface area contributed by atoms with Crippen molar-refractivity contribution in [1.82, 2.24) is 5.32 Å². The van der Waals surface area contributed by atoms with E-state index in [0.29, 0.717) is 0 Å². The number of carbonyl (C=O) groups is 2. The van der Waals surface area contributed by atoms with Gasteiger partial charge >= 0.3 is 11.9 Å². The second-order valence-electron chi connectivity index (χ2n) is 9.33. The summed E-state index contributed by atoms with van der Waals surface area (Å²) in [6, 6.07) is 18.7. The minimum absolute atomic E-state index is 0.227. The quantitative estimate of drug-likeness (QED) is 0.754. The van der Waals surface area contributed by atoms with Crippen LogP contribution in [0.4, 0.5) is 0 Å². The molecule has 1 aliphatic carbocycles. The Morgan fingerprint density at radius 2 is 1.57 bits per heavy atom. The van der Waals surface area contributed by atoms with E-state index in [2.05, 4.69) is 5.32 Å². The Morgan fingerprint density at radius 3 is 2.13 bits per heavy atom. The van der Waals surface area contributed by atoms with Crippen LogP contribution in [0.15, 0.2) is 60.7 Å². The number of esters is 2. The molecule has 2 aromatic rings. The van der Waals surface area contributed by atoms with Crippen molar-refractivity contribution in [3.63, 3.8) is 0 Å². The highest BCUT2D eigenvalue weighted by Crippen LogP contribution is 2.63. The average Bonchev–Trinajstić information content (AvgIpc) is 3.41. The van der Waals surface area contributed by atoms with Crippen LogP contribution in [0, 0.1) is 11.3 Å². The number of carbonyl (C=O) groups excluding carboxylic acids is 2. The highest BCUT2D eigenvalue weighted by molar-refractivity contribution is 5.84. The van der Waals surface area contributed by atoms with Crippen molar-refractivity contribution in [2.45, 2.75) is 57.9 Å². The molecule has 2 fully saturated rings. The van der Waals surface area contributed by atoms with Gasteiger partial charge < -0.3 is 9.47 Å². The summed E-state index contributed by atoms with van der Waals surface area (Å²) in [6.45, 7) is 5.81. The normalized spacial score (nSPS) is 24.4. The molecule has 0 unspecified atom stereocenters. The summed E-state index contributed by atoms with van der Waals surface area (Å²) in [6.07, 6.45) is 1.61. The molecule has 1 spiro atoms. The molecule has 2 aliphatic rings. The molecule has 0 aromatic heterocycles. The summed E-state index contributed by atoms with van der Waals surface area (Å²) in [5, 5.41) is 3.44. The molecule has 0 amide bonds. The van der Waals surface area contributed by atoms with Crippen LogP contribution in [0.3, 0.4) is 0 Å². The van der Waals surface area contributed by atoms with Crippen molar-refractivity contribution >= 4 is 11.9 Å². The number of benzene rings is 2. The van der Waals surface area contributed by atoms with Crippen molar-refractivity contribution in [2.75, 3.05) is 0 Å². The van der Waals surface area contributed by atoms with Gasteiger partial charge in [0.25, 0.3) is 0 Å². The van der Waals surface area contributed by atoms with E-state index in [4.69, 9.17) is 9.47 Å². The van der Waals surface area contributed by atoms with E-state index in [1.165, 1.54) is 0 Å². The zero-order valence-corrected chi connectivity index (χ0v) is 17.8. The van der Waals surface area contributed by atoms with Crippen molar-refractivity contribution < 1.29 is 19.1 Å². The largest absolute Gasteiger partial charge is 0.461 e. The molecule has 2 aromatic carbocycles. The second kappa shape index (κ2) is 7.88. The number of rotatable bonds is 5. The predicted molar refractivity (Wildman–Crippen MR) is 113 cm³/mol. The fourth-order valence-corrected chi connectivity index (χ4v) is 4.50. The van der Waals surface area contributed by atoms with Crippen LogP contribution in [0.5, 0.6) is 0 Å². The molecule has 1 saturated carbocycles. The first-order valence-electron chi connectivity index (χ1n) is 10.5. The minimum atomic E-state index is -0.580. The lowest BCUT2D eigenvalue weighted by Gasteiger charge is -2.26. The Bertz CT molecular complexity index is 900. The van der Waals surface area contributed by atoms with Crippen molar-refractivity contribution in [1.29, 1.82) is 0 Å². The lowest BCUT2D eigenvalue weighted by Crippen LogP contribution is -2.42. The summed E-state index contributed by atoms with van der Waals surface area (Å²) in [5.74, 6) is -0.982. The zero-order chi connectivity index (χ0) is 21.4. The molecule has 158 valence electrons. The average molecular weight is 408 g/mol. The lowest BCUT2D eigenvalue weighted by molar-refractivity contribution is -0.159. The summed E-state index contributed by atoms with van der Waals surface area (Å²) in [5.41, 5.74) is 0.901. The molecule has 4 rings (SSSR count). The molecule has 1 N–H and O–H groups in total. The van der Waals surface area contributed by atoms with Gasteiger partial charge in [-0.1, -0.05) is 60.7 Å². The topological polar surface area (TPSA) is 64.6 Å². The third-order valence-corrected chi connectivity index (χ3v) is 5.98. The van der Waals surface area contributed by atoms with Crippen molar-refractivity contribution in [3.05, 3.63) is 71.8 Å². The van der Waals surface area contributed by atoms with Gasteiger partial charge in [-0.15, -0.1) is 0 Å². The van der Waals surface area contributed by atoms with E-state index in [9.17, 15) is 9.59 Å². The smallest absolute Gasteiger partial charge is 0.324 e. The van der Waals surface area contributed by atoms with Gasteiger partial charge in [0, 0.05) is 11.5 Å². The van der Waals surface area contributed by atoms with Crippen molar-refractivity contribution in [3.8, 4) is 0 Å². The van der Waals surface area contributed by atoms with Crippen LogP contribution in [-0.2, 0) is 25.7 Å². The van der Waals surface area contributed by atoms with Gasteiger partial charge in [-0.05, 0) is 44.7 Å². The van der Waals surface area contributed by atoms with E-state index in [1.807, 2.05) is 81.4 Å². The van der Waals surface area contributed by atoms with Crippen LogP contribution < -0.4 is 5.32 Å². The first kappa shape index (κ1) is 20.6. The molecular formula is C25H29NO4. The highest BCUT2D eigenvalue weighted by atomic mass is 16.6. The first-order chi connectivity index (χ1) is 14.3. The van der Waals surface area contributed by atoms with Crippen LogP contribution in [-0.4, -0.2) is 23.6 Å². The number of ether oxygens (including phenoxy) is 2. The highest BCUT2D eigenvalue weighted by Gasteiger charge is 2.68. The predicted octanol–water partition coefficient (Wildman–Crippen LogP) is 4.18. The summed E-state index contributed by atoms with van der Waals surface area (Å²) in [4.78, 5) is 26.3. The van der Waals surface area contributed by atoms with E-state index in [0.717, 1.165) is 24.0 Å². The maximum Gasteiger partial charge on any atom is 0.324 e. The minimum Gasteiger partial charge on any atom is -0.461 e. The van der Waals surface area contributed by atoms with Gasteiger partial charge in [-0.25, -0.2) is 0 Å². The monoisotopic (exact) mass is 407 g/mol. The number of hydrogen-bond donors (Lipinski definition) is 1. The Balaban J connectivity index is 1.60. The van der Waals surface area contributed by atoms with E-state index in [1.54, 1.807) is 0 Å². The molecule has 5 heteroatoms. The van der Waals surface area contributed by atoms with E-state index < -0.39 is 23.0 Å². The van der Waals surface area contributed by atoms with Gasteiger partial charge in [0.2, 0.25) is 0 Å². The standard InChI is InChI=1S/C25H29NO4/c1-24(2,3)30-23(28)21-25(14-15-25)19(20(26-21)18-12-8-5-9-13-18)22(27)29-16-17-10-6-4-7-11-17/h4-13,19-21,26H,14-16H2,1-3H3/t19-,20-,21+/m1/s1. The number of nitrogens with one attached hydrogen (secondary N) is 1. The third kappa shape index (κ3) is 4.12. The summed E-state index contributed by atoms with van der Waals surface area (Å²) >= 11 is 0. The second-order valence-corrected chi connectivity index (χ2v) is 9.33. The van der Waals surface area contributed by atoms with Gasteiger partial charge in [0.1, 0.15) is 18.2 Å². The van der Waals surface area contributed by atoms with Gasteiger partial charge in [-0.2, -0.15) is 0 Å². The third-order valence-electron chi connectivity index (χ3n) is 5.98. The fourth-order valence-electron chi connectivity index (χ4n) is 4.50. The Labute approximate surface area is 177 Å². The molecule has 1 heterocycles. The SMILES string of the molecule is CC(C)(C)OC(=O)[C@@H]1N[C@H](c2ccccc2)[C@H](C(=O)OCc2ccccc2)C12CC2. The van der Waals surface area contributed by atoms with Gasteiger partial charge in [0.05, 0.1) is 5.92 Å². The van der Waals surface area contributed by atoms with E-state index >= 15 is 0 Å². The molecule has 5 nitrogen and oxygen atoms in total. The Morgan fingerprint density at radius 1 is 0.967 bits per heavy atom. The fraction of sp³-hybridized carbons (Fsp3) is 0.440. The molecule has 1 saturated heterocycles. The van der Waals surface area contributed by atoms with Gasteiger partial charge in [-0.3, -0.25) is 14.9 Å². The summed E-state index contributed by atoms with van der Waals surface area (Å²) in [7, 11) is 0.